The molecule has 0 heterocycles. The first-order valence-electron chi connectivity index (χ1n) is 2.64. The van der Waals surface area contributed by atoms with Crippen molar-refractivity contribution >= 4 is 8.25 Å². The lowest BCUT2D eigenvalue weighted by molar-refractivity contribution is 0.162. The van der Waals surface area contributed by atoms with Gasteiger partial charge in [0.1, 0.15) is 0 Å². The minimum absolute atomic E-state index is 0. The van der Waals surface area contributed by atoms with Crippen LogP contribution in [-0.4, -0.2) is 28.5 Å². The highest BCUT2D eigenvalue weighted by Crippen LogP contribution is 1.98. The van der Waals surface area contributed by atoms with Crippen LogP contribution >= 0.6 is 8.25 Å². The van der Waals surface area contributed by atoms with Crippen molar-refractivity contribution in [1.82, 2.24) is 0 Å². The van der Waals surface area contributed by atoms with Gasteiger partial charge < -0.3 is 20.0 Å². The average Bonchev–Trinajstić information content (AvgIpc) is 1.66. The highest BCUT2D eigenvalue weighted by molar-refractivity contribution is 7.30. The molecule has 6 heteroatoms. The molecular formula is C4H15O5P. The Kier molecular flexibility index (Phi) is 26.6. The van der Waals surface area contributed by atoms with Crippen LogP contribution < -0.4 is 0 Å². The maximum absolute atomic E-state index is 8.74. The molecule has 0 aromatic carbocycles. The van der Waals surface area contributed by atoms with Gasteiger partial charge in [0.05, 0.1) is 0 Å². The van der Waals surface area contributed by atoms with E-state index in [1.807, 2.05) is 13.8 Å². The van der Waals surface area contributed by atoms with E-state index in [1.54, 1.807) is 0 Å². The Hall–Kier alpha value is 0.0700. The van der Waals surface area contributed by atoms with Crippen molar-refractivity contribution < 1.29 is 24.6 Å². The fourth-order valence-corrected chi connectivity index (χ4v) is 0.204. The Morgan fingerprint density at radius 2 is 1.50 bits per heavy atom. The molecule has 0 bridgehead atoms. The molecule has 0 aromatic heterocycles. The minimum Gasteiger partial charge on any atom is -0.412 e. The van der Waals surface area contributed by atoms with E-state index in [9.17, 15) is 0 Å². The van der Waals surface area contributed by atoms with Crippen LogP contribution in [0.2, 0.25) is 0 Å². The van der Waals surface area contributed by atoms with Gasteiger partial charge >= 0.3 is 8.25 Å². The Morgan fingerprint density at radius 1 is 1.30 bits per heavy atom. The SMILES string of the molecule is CCOCC.O.O=[PH](O)O. The van der Waals surface area contributed by atoms with Gasteiger partial charge in [0.15, 0.2) is 0 Å². The minimum atomic E-state index is -3.13. The van der Waals surface area contributed by atoms with Gasteiger partial charge in [-0.15, -0.1) is 0 Å². The van der Waals surface area contributed by atoms with Crippen LogP contribution in [0, 0.1) is 0 Å². The molecule has 0 saturated carbocycles. The first kappa shape index (κ1) is 16.6. The summed E-state index contributed by atoms with van der Waals surface area (Å²) in [7, 11) is -3.13. The molecule has 0 aromatic rings. The normalized spacial score (nSPS) is 7.70. The lowest BCUT2D eigenvalue weighted by Crippen LogP contribution is -1.84. The van der Waals surface area contributed by atoms with Crippen molar-refractivity contribution in [2.45, 2.75) is 13.8 Å². The molecule has 0 atom stereocenters. The van der Waals surface area contributed by atoms with Crippen LogP contribution in [0.5, 0.6) is 0 Å². The molecule has 0 rings (SSSR count). The van der Waals surface area contributed by atoms with Crippen LogP contribution in [-0.2, 0) is 9.30 Å². The summed E-state index contributed by atoms with van der Waals surface area (Å²) in [5, 5.41) is 0. The molecule has 0 aliphatic carbocycles. The van der Waals surface area contributed by atoms with Crippen LogP contribution in [0.3, 0.4) is 0 Å². The molecule has 0 amide bonds. The van der Waals surface area contributed by atoms with E-state index in [2.05, 4.69) is 0 Å². The maximum Gasteiger partial charge on any atom is 0.314 e. The van der Waals surface area contributed by atoms with Crippen molar-refractivity contribution in [3.8, 4) is 0 Å². The van der Waals surface area contributed by atoms with Crippen LogP contribution in [0.4, 0.5) is 0 Å². The number of rotatable bonds is 2. The second-order valence-corrected chi connectivity index (χ2v) is 1.63. The summed E-state index contributed by atoms with van der Waals surface area (Å²) in [6, 6.07) is 0. The van der Waals surface area contributed by atoms with Crippen molar-refractivity contribution in [1.29, 1.82) is 0 Å². The van der Waals surface area contributed by atoms with Gasteiger partial charge in [-0.3, -0.25) is 4.57 Å². The van der Waals surface area contributed by atoms with E-state index >= 15 is 0 Å². The largest absolute Gasteiger partial charge is 0.412 e. The molecule has 4 N–H and O–H groups in total. The van der Waals surface area contributed by atoms with Gasteiger partial charge in [-0.05, 0) is 13.8 Å². The van der Waals surface area contributed by atoms with Gasteiger partial charge in [-0.1, -0.05) is 0 Å². The van der Waals surface area contributed by atoms with Crippen molar-refractivity contribution in [3.05, 3.63) is 0 Å². The highest BCUT2D eigenvalue weighted by Gasteiger charge is 1.64. The van der Waals surface area contributed by atoms with E-state index in [4.69, 9.17) is 19.1 Å². The Bertz CT molecular complexity index is 60.7. The molecule has 5 nitrogen and oxygen atoms in total. The van der Waals surface area contributed by atoms with E-state index in [0.29, 0.717) is 0 Å². The monoisotopic (exact) mass is 174 g/mol. The lowest BCUT2D eigenvalue weighted by atomic mass is 10.8. The summed E-state index contributed by atoms with van der Waals surface area (Å²) < 4.78 is 13.6. The smallest absolute Gasteiger partial charge is 0.314 e. The molecule has 0 aliphatic rings. The van der Waals surface area contributed by atoms with Crippen LogP contribution in [0.25, 0.3) is 0 Å². The Balaban J connectivity index is -0.0000000910. The van der Waals surface area contributed by atoms with Gasteiger partial charge in [0.25, 0.3) is 0 Å². The van der Waals surface area contributed by atoms with Crippen molar-refractivity contribution in [2.24, 2.45) is 0 Å². The maximum atomic E-state index is 8.74. The number of hydrogen-bond acceptors (Lipinski definition) is 2. The standard InChI is InChI=1S/C4H10O.H3O3P.H2O/c1-3-5-4-2;1-4(2)3;/h3-4H2,1-2H3;4H,(H2,1,2,3);1H2. The predicted octanol–water partition coefficient (Wildman–Crippen LogP) is -0.421. The Morgan fingerprint density at radius 3 is 1.50 bits per heavy atom. The predicted molar refractivity (Wildman–Crippen MR) is 39.2 cm³/mol. The van der Waals surface area contributed by atoms with Gasteiger partial charge in [-0.25, -0.2) is 0 Å². The zero-order valence-corrected chi connectivity index (χ0v) is 7.13. The van der Waals surface area contributed by atoms with Crippen molar-refractivity contribution in [3.63, 3.8) is 0 Å². The molecule has 10 heavy (non-hydrogen) atoms. The summed E-state index contributed by atoms with van der Waals surface area (Å²) in [5.41, 5.74) is 0. The molecule has 0 fully saturated rings. The average molecular weight is 174 g/mol. The summed E-state index contributed by atoms with van der Waals surface area (Å²) >= 11 is 0. The molecular weight excluding hydrogens is 159 g/mol. The molecule has 0 radical (unpaired) electrons. The van der Waals surface area contributed by atoms with Crippen LogP contribution in [0.1, 0.15) is 13.8 Å². The molecule has 0 saturated heterocycles. The van der Waals surface area contributed by atoms with Crippen LogP contribution in [0.15, 0.2) is 0 Å². The summed E-state index contributed by atoms with van der Waals surface area (Å²) in [6.45, 7) is 5.67. The fourth-order valence-electron chi connectivity index (χ4n) is 0.204. The zero-order valence-electron chi connectivity index (χ0n) is 6.13. The van der Waals surface area contributed by atoms with E-state index in [0.717, 1.165) is 13.2 Å². The summed E-state index contributed by atoms with van der Waals surface area (Å²) in [4.78, 5) is 14.3. The third-order valence-corrected chi connectivity index (χ3v) is 0.408. The number of hydrogen-bond donors (Lipinski definition) is 2. The van der Waals surface area contributed by atoms with E-state index < -0.39 is 8.25 Å². The first-order chi connectivity index (χ1) is 4.15. The Labute approximate surface area is 60.9 Å². The van der Waals surface area contributed by atoms with Crippen molar-refractivity contribution in [2.75, 3.05) is 13.2 Å². The zero-order chi connectivity index (χ0) is 7.70. The first-order valence-corrected chi connectivity index (χ1v) is 3.95. The summed E-state index contributed by atoms with van der Waals surface area (Å²) in [5.74, 6) is 0. The topological polar surface area (TPSA) is 98.3 Å². The summed E-state index contributed by atoms with van der Waals surface area (Å²) in [6.07, 6.45) is 0. The third kappa shape index (κ3) is 94.1. The highest BCUT2D eigenvalue weighted by atomic mass is 31.1. The van der Waals surface area contributed by atoms with E-state index in [-0.39, 0.29) is 5.48 Å². The third-order valence-electron chi connectivity index (χ3n) is 0.408. The van der Waals surface area contributed by atoms with E-state index in [1.165, 1.54) is 0 Å². The second-order valence-electron chi connectivity index (χ2n) is 1.06. The second kappa shape index (κ2) is 16.0. The molecule has 0 unspecified atom stereocenters. The quantitative estimate of drug-likeness (QED) is 0.555. The van der Waals surface area contributed by atoms with Gasteiger partial charge in [0, 0.05) is 13.2 Å². The number of ether oxygens (including phenoxy) is 1. The molecule has 0 spiro atoms. The molecule has 0 aliphatic heterocycles. The lowest BCUT2D eigenvalue weighted by Gasteiger charge is -1.86. The molecule has 66 valence electrons. The fraction of sp³-hybridized carbons (Fsp3) is 1.00. The van der Waals surface area contributed by atoms with Gasteiger partial charge in [-0.2, -0.15) is 0 Å². The van der Waals surface area contributed by atoms with Gasteiger partial charge in [0.2, 0.25) is 0 Å².